The summed E-state index contributed by atoms with van der Waals surface area (Å²) >= 11 is 0. The third-order valence-electron chi connectivity index (χ3n) is 6.04. The van der Waals surface area contributed by atoms with Crippen molar-refractivity contribution in [3.05, 3.63) is 36.0 Å². The fourth-order valence-electron chi connectivity index (χ4n) is 4.31. The van der Waals surface area contributed by atoms with Crippen LogP contribution in [0, 0.1) is 5.82 Å². The molecule has 0 spiro atoms. The van der Waals surface area contributed by atoms with Crippen LogP contribution < -0.4 is 0 Å². The van der Waals surface area contributed by atoms with Crippen LogP contribution >= 0.6 is 0 Å². The topological polar surface area (TPSA) is 79.5 Å². The molecule has 0 N–H and O–H groups in total. The number of hydrogen-bond donors (Lipinski definition) is 0. The van der Waals surface area contributed by atoms with Crippen molar-refractivity contribution in [3.8, 4) is 11.4 Å². The minimum absolute atomic E-state index is 0.0807. The second-order valence-electron chi connectivity index (χ2n) is 7.98. The number of halogens is 1. The Morgan fingerprint density at radius 3 is 2.72 bits per heavy atom. The van der Waals surface area contributed by atoms with Crippen molar-refractivity contribution in [2.75, 3.05) is 20.1 Å². The molecule has 0 unspecified atom stereocenters. The zero-order chi connectivity index (χ0) is 20.4. The predicted molar refractivity (Wildman–Crippen MR) is 107 cm³/mol. The van der Waals surface area contributed by atoms with Crippen molar-refractivity contribution in [2.45, 2.75) is 56.9 Å². The van der Waals surface area contributed by atoms with E-state index in [0.29, 0.717) is 30.4 Å². The highest BCUT2D eigenvalue weighted by Gasteiger charge is 2.37. The molecule has 0 radical (unpaired) electrons. The summed E-state index contributed by atoms with van der Waals surface area (Å²) in [6.45, 7) is 0.824. The van der Waals surface area contributed by atoms with Gasteiger partial charge in [0, 0.05) is 31.7 Å². The molecule has 1 atom stereocenters. The molecule has 1 aliphatic carbocycles. The van der Waals surface area contributed by atoms with Crippen LogP contribution in [0.15, 0.2) is 28.8 Å². The van der Waals surface area contributed by atoms with E-state index in [2.05, 4.69) is 10.1 Å². The molecule has 0 amide bonds. The smallest absolute Gasteiger partial charge is 0.281 e. The lowest BCUT2D eigenvalue weighted by Gasteiger charge is -2.37. The van der Waals surface area contributed by atoms with Gasteiger partial charge in [-0.05, 0) is 37.8 Å². The Labute approximate surface area is 171 Å². The van der Waals surface area contributed by atoms with E-state index in [4.69, 9.17) is 4.52 Å². The highest BCUT2D eigenvalue weighted by atomic mass is 32.2. The van der Waals surface area contributed by atoms with Gasteiger partial charge in [-0.2, -0.15) is 22.0 Å². The summed E-state index contributed by atoms with van der Waals surface area (Å²) < 4.78 is 48.3. The largest absolute Gasteiger partial charge is 0.339 e. The Bertz CT molecular complexity index is 943. The quantitative estimate of drug-likeness (QED) is 0.736. The molecule has 2 aliphatic rings. The van der Waals surface area contributed by atoms with Gasteiger partial charge in [0.05, 0.1) is 5.92 Å². The number of benzene rings is 1. The minimum atomic E-state index is -3.53. The molecule has 1 aromatic carbocycles. The van der Waals surface area contributed by atoms with Crippen molar-refractivity contribution < 1.29 is 17.3 Å². The van der Waals surface area contributed by atoms with Gasteiger partial charge >= 0.3 is 0 Å². The normalized spacial score (nSPS) is 22.2. The third-order valence-corrected chi connectivity index (χ3v) is 8.05. The molecule has 1 saturated carbocycles. The van der Waals surface area contributed by atoms with E-state index in [-0.39, 0.29) is 17.8 Å². The number of piperidine rings is 1. The third kappa shape index (κ3) is 4.36. The lowest BCUT2D eigenvalue weighted by molar-refractivity contribution is 0.230. The van der Waals surface area contributed by atoms with Crippen molar-refractivity contribution in [3.63, 3.8) is 0 Å². The van der Waals surface area contributed by atoms with E-state index in [1.807, 2.05) is 0 Å². The molecule has 1 saturated heterocycles. The monoisotopic (exact) mass is 422 g/mol. The zero-order valence-electron chi connectivity index (χ0n) is 16.6. The van der Waals surface area contributed by atoms with Gasteiger partial charge in [-0.3, -0.25) is 0 Å². The van der Waals surface area contributed by atoms with E-state index >= 15 is 0 Å². The van der Waals surface area contributed by atoms with Crippen LogP contribution in [0.2, 0.25) is 0 Å². The van der Waals surface area contributed by atoms with E-state index in [1.54, 1.807) is 27.8 Å². The van der Waals surface area contributed by atoms with Gasteiger partial charge < -0.3 is 4.52 Å². The van der Waals surface area contributed by atoms with Crippen LogP contribution in [0.5, 0.6) is 0 Å². The summed E-state index contributed by atoms with van der Waals surface area (Å²) in [6, 6.07) is 6.10. The molecule has 2 heterocycles. The molecule has 0 bridgehead atoms. The highest BCUT2D eigenvalue weighted by Crippen LogP contribution is 2.31. The molecule has 1 aromatic heterocycles. The SMILES string of the molecule is CN(C1CCCCC1)S(=O)(=O)N1CCC[C@H](c2nc(-c3cccc(F)c3)no2)C1. The number of rotatable bonds is 5. The summed E-state index contributed by atoms with van der Waals surface area (Å²) in [5.41, 5.74) is 0.539. The molecule has 2 fully saturated rings. The van der Waals surface area contributed by atoms with Crippen LogP contribution in [-0.4, -0.2) is 53.3 Å². The first kappa shape index (κ1) is 20.4. The van der Waals surface area contributed by atoms with Gasteiger partial charge in [0.15, 0.2) is 0 Å². The lowest BCUT2D eigenvalue weighted by atomic mass is 9.96. The summed E-state index contributed by atoms with van der Waals surface area (Å²) in [6.07, 6.45) is 6.71. The molecule has 2 aromatic rings. The standard InChI is InChI=1S/C20H27FN4O3S/c1-24(18-10-3-2-4-11-18)29(26,27)25-12-6-8-16(14-25)20-22-19(23-28-20)15-7-5-9-17(21)13-15/h5,7,9,13,16,18H,2-4,6,8,10-12,14H2,1H3/t16-/m0/s1. The van der Waals surface area contributed by atoms with Gasteiger partial charge in [-0.1, -0.05) is 36.6 Å². The average molecular weight is 423 g/mol. The van der Waals surface area contributed by atoms with Crippen molar-refractivity contribution in [2.24, 2.45) is 0 Å². The Balaban J connectivity index is 1.48. The highest BCUT2D eigenvalue weighted by molar-refractivity contribution is 7.86. The van der Waals surface area contributed by atoms with Crippen molar-refractivity contribution >= 4 is 10.2 Å². The average Bonchev–Trinajstić information content (AvgIpc) is 3.24. The molecule has 9 heteroatoms. The molecule has 29 heavy (non-hydrogen) atoms. The molecule has 4 rings (SSSR count). The molecule has 1 aliphatic heterocycles. The first-order valence-corrected chi connectivity index (χ1v) is 11.7. The van der Waals surface area contributed by atoms with Crippen LogP contribution in [-0.2, 0) is 10.2 Å². The Morgan fingerprint density at radius 1 is 1.17 bits per heavy atom. The fraction of sp³-hybridized carbons (Fsp3) is 0.600. The second-order valence-corrected chi connectivity index (χ2v) is 9.97. The van der Waals surface area contributed by atoms with E-state index in [0.717, 1.165) is 38.5 Å². The fourth-order valence-corrected chi connectivity index (χ4v) is 5.99. The van der Waals surface area contributed by atoms with Gasteiger partial charge in [-0.15, -0.1) is 0 Å². The summed E-state index contributed by atoms with van der Waals surface area (Å²) in [4.78, 5) is 4.42. The number of aromatic nitrogens is 2. The lowest BCUT2D eigenvalue weighted by Crippen LogP contribution is -2.49. The predicted octanol–water partition coefficient (Wildman–Crippen LogP) is 3.56. The zero-order valence-corrected chi connectivity index (χ0v) is 17.4. The minimum Gasteiger partial charge on any atom is -0.339 e. The van der Waals surface area contributed by atoms with Crippen LogP contribution in [0.1, 0.15) is 56.8 Å². The Kier molecular flexibility index (Phi) is 5.98. The van der Waals surface area contributed by atoms with Gasteiger partial charge in [0.1, 0.15) is 5.82 Å². The van der Waals surface area contributed by atoms with Crippen LogP contribution in [0.4, 0.5) is 4.39 Å². The first-order valence-electron chi connectivity index (χ1n) is 10.3. The first-order chi connectivity index (χ1) is 13.9. The molecular formula is C20H27FN4O3S. The van der Waals surface area contributed by atoms with E-state index < -0.39 is 10.2 Å². The summed E-state index contributed by atoms with van der Waals surface area (Å²) in [7, 11) is -1.83. The van der Waals surface area contributed by atoms with Crippen molar-refractivity contribution in [1.29, 1.82) is 0 Å². The van der Waals surface area contributed by atoms with Crippen LogP contribution in [0.3, 0.4) is 0 Å². The maximum Gasteiger partial charge on any atom is 0.281 e. The maximum absolute atomic E-state index is 13.5. The number of hydrogen-bond acceptors (Lipinski definition) is 5. The molecular weight excluding hydrogens is 395 g/mol. The maximum atomic E-state index is 13.5. The van der Waals surface area contributed by atoms with Gasteiger partial charge in [0.2, 0.25) is 11.7 Å². The van der Waals surface area contributed by atoms with Crippen molar-refractivity contribution in [1.82, 2.24) is 18.8 Å². The number of nitrogens with zero attached hydrogens (tertiary/aromatic N) is 4. The Hall–Kier alpha value is -1.84. The summed E-state index contributed by atoms with van der Waals surface area (Å²) in [5, 5.41) is 3.97. The second kappa shape index (κ2) is 8.49. The van der Waals surface area contributed by atoms with E-state index in [1.165, 1.54) is 18.6 Å². The van der Waals surface area contributed by atoms with E-state index in [9.17, 15) is 12.8 Å². The van der Waals surface area contributed by atoms with Gasteiger partial charge in [0.25, 0.3) is 10.2 Å². The molecule has 158 valence electrons. The summed E-state index contributed by atoms with van der Waals surface area (Å²) in [5.74, 6) is 0.200. The Morgan fingerprint density at radius 2 is 1.97 bits per heavy atom. The van der Waals surface area contributed by atoms with Gasteiger partial charge in [-0.25, -0.2) is 4.39 Å². The van der Waals surface area contributed by atoms with Crippen LogP contribution in [0.25, 0.3) is 11.4 Å². The molecule has 7 nitrogen and oxygen atoms in total.